The van der Waals surface area contributed by atoms with Crippen LogP contribution in [0.1, 0.15) is 30.5 Å². The number of aryl methyl sites for hydroxylation is 1. The maximum absolute atomic E-state index is 13.5. The fourth-order valence-corrected chi connectivity index (χ4v) is 4.53. The van der Waals surface area contributed by atoms with Crippen molar-refractivity contribution in [2.24, 2.45) is 10.9 Å². The molecule has 4 rings (SSSR count). The summed E-state index contributed by atoms with van der Waals surface area (Å²) < 4.78 is 11.4. The van der Waals surface area contributed by atoms with E-state index in [4.69, 9.17) is 14.5 Å². The number of benzene rings is 3. The molecule has 0 aromatic heterocycles. The lowest BCUT2D eigenvalue weighted by atomic mass is 10.1. The number of methoxy groups -OCH3 is 1. The molecule has 180 valence electrons. The Hall–Kier alpha value is -3.51. The van der Waals surface area contributed by atoms with Crippen LogP contribution in [0, 0.1) is 12.8 Å². The molecule has 0 radical (unpaired) electrons. The molecule has 0 spiro atoms. The lowest BCUT2D eigenvalue weighted by molar-refractivity contribution is -0.122. The second-order valence-electron chi connectivity index (χ2n) is 8.83. The predicted molar refractivity (Wildman–Crippen MR) is 144 cm³/mol. The molecule has 0 N–H and O–H groups in total. The summed E-state index contributed by atoms with van der Waals surface area (Å²) in [7, 11) is 1.62. The lowest BCUT2D eigenvalue weighted by Crippen LogP contribution is -2.28. The molecule has 35 heavy (non-hydrogen) atoms. The Morgan fingerprint density at radius 2 is 1.74 bits per heavy atom. The maximum atomic E-state index is 13.5. The van der Waals surface area contributed by atoms with Crippen LogP contribution < -0.4 is 9.47 Å². The lowest BCUT2D eigenvalue weighted by Gasteiger charge is -2.15. The molecule has 0 saturated carbocycles. The summed E-state index contributed by atoms with van der Waals surface area (Å²) in [6.07, 6.45) is 1.89. The molecule has 1 fully saturated rings. The number of carbonyl (C=O) groups is 1. The summed E-state index contributed by atoms with van der Waals surface area (Å²) in [6.45, 7) is 7.31. The zero-order valence-corrected chi connectivity index (χ0v) is 21.3. The van der Waals surface area contributed by atoms with Crippen LogP contribution in [0.2, 0.25) is 0 Å². The molecule has 6 heteroatoms. The second-order valence-corrected chi connectivity index (χ2v) is 9.84. The van der Waals surface area contributed by atoms with Crippen molar-refractivity contribution in [1.29, 1.82) is 0 Å². The van der Waals surface area contributed by atoms with Crippen molar-refractivity contribution in [3.8, 4) is 11.5 Å². The highest BCUT2D eigenvalue weighted by Gasteiger charge is 2.33. The van der Waals surface area contributed by atoms with E-state index < -0.39 is 0 Å². The summed E-state index contributed by atoms with van der Waals surface area (Å²) in [5.41, 5.74) is 3.90. The molecule has 0 aliphatic carbocycles. The Kier molecular flexibility index (Phi) is 7.93. The quantitative estimate of drug-likeness (QED) is 0.327. The summed E-state index contributed by atoms with van der Waals surface area (Å²) in [4.78, 5) is 20.6. The van der Waals surface area contributed by atoms with Crippen LogP contribution in [0.3, 0.4) is 0 Å². The SMILES string of the molecule is COc1cc(/C=C2/SC(=Nc3ccc(C)cc3)N(Cc3ccccc3)C2=O)ccc1OCC(C)C. The van der Waals surface area contributed by atoms with Crippen LogP contribution in [0.25, 0.3) is 6.08 Å². The number of hydrogen-bond donors (Lipinski definition) is 0. The molecule has 1 saturated heterocycles. The van der Waals surface area contributed by atoms with E-state index in [2.05, 4.69) is 13.8 Å². The molecule has 0 unspecified atom stereocenters. The molecular formula is C29H30N2O3S. The molecule has 1 aliphatic rings. The van der Waals surface area contributed by atoms with Gasteiger partial charge in [-0.15, -0.1) is 0 Å². The zero-order chi connectivity index (χ0) is 24.8. The first-order chi connectivity index (χ1) is 16.9. The van der Waals surface area contributed by atoms with Crippen LogP contribution in [0.15, 0.2) is 82.7 Å². The molecule has 5 nitrogen and oxygen atoms in total. The Balaban J connectivity index is 1.65. The van der Waals surface area contributed by atoms with Crippen LogP contribution in [-0.2, 0) is 11.3 Å². The average molecular weight is 487 g/mol. The topological polar surface area (TPSA) is 51.1 Å². The first-order valence-electron chi connectivity index (χ1n) is 11.6. The van der Waals surface area contributed by atoms with Crippen molar-refractivity contribution < 1.29 is 14.3 Å². The Bertz CT molecular complexity index is 1230. The number of carbonyl (C=O) groups excluding carboxylic acids is 1. The average Bonchev–Trinajstić information content (AvgIpc) is 3.13. The van der Waals surface area contributed by atoms with Gasteiger partial charge in [-0.1, -0.05) is 67.9 Å². The number of hydrogen-bond acceptors (Lipinski definition) is 5. The molecule has 1 heterocycles. The minimum Gasteiger partial charge on any atom is -0.493 e. The van der Waals surface area contributed by atoms with Crippen molar-refractivity contribution in [3.63, 3.8) is 0 Å². The van der Waals surface area contributed by atoms with Crippen molar-refractivity contribution in [2.45, 2.75) is 27.3 Å². The first-order valence-corrected chi connectivity index (χ1v) is 12.5. The van der Waals surface area contributed by atoms with E-state index in [0.717, 1.165) is 16.8 Å². The molecule has 0 bridgehead atoms. The monoisotopic (exact) mass is 486 g/mol. The van der Waals surface area contributed by atoms with Gasteiger partial charge in [0.25, 0.3) is 5.91 Å². The molecule has 3 aromatic carbocycles. The fourth-order valence-electron chi connectivity index (χ4n) is 3.53. The van der Waals surface area contributed by atoms with E-state index in [9.17, 15) is 4.79 Å². The number of nitrogens with zero attached hydrogens (tertiary/aromatic N) is 2. The van der Waals surface area contributed by atoms with Gasteiger partial charge < -0.3 is 9.47 Å². The zero-order valence-electron chi connectivity index (χ0n) is 20.5. The summed E-state index contributed by atoms with van der Waals surface area (Å²) in [5, 5.41) is 0.665. The number of amidine groups is 1. The van der Waals surface area contributed by atoms with Crippen molar-refractivity contribution in [1.82, 2.24) is 4.90 Å². The third kappa shape index (κ3) is 6.34. The summed E-state index contributed by atoms with van der Waals surface area (Å²) in [6, 6.07) is 23.7. The van der Waals surface area contributed by atoms with Gasteiger partial charge in [0.05, 0.1) is 30.9 Å². The van der Waals surface area contributed by atoms with Gasteiger partial charge in [0.1, 0.15) is 0 Å². The van der Waals surface area contributed by atoms with Gasteiger partial charge in [0, 0.05) is 0 Å². The smallest absolute Gasteiger partial charge is 0.267 e. The molecular weight excluding hydrogens is 456 g/mol. The van der Waals surface area contributed by atoms with Gasteiger partial charge in [-0.25, -0.2) is 4.99 Å². The number of aliphatic imine (C=N–C) groups is 1. The standard InChI is InChI=1S/C29H30N2O3S/c1-20(2)19-34-25-15-12-23(16-26(25)33-4)17-27-28(32)31(18-22-8-6-5-7-9-22)29(35-27)30-24-13-10-21(3)11-14-24/h5-17,20H,18-19H2,1-4H3/b27-17+,30-29?. The van der Waals surface area contributed by atoms with E-state index in [0.29, 0.717) is 40.6 Å². The van der Waals surface area contributed by atoms with E-state index in [1.807, 2.05) is 85.8 Å². The highest BCUT2D eigenvalue weighted by molar-refractivity contribution is 8.18. The van der Waals surface area contributed by atoms with Gasteiger partial charge in [0.15, 0.2) is 16.7 Å². The molecule has 1 amide bonds. The first kappa shape index (κ1) is 24.6. The van der Waals surface area contributed by atoms with Crippen LogP contribution in [0.4, 0.5) is 5.69 Å². The Morgan fingerprint density at radius 1 is 1.00 bits per heavy atom. The largest absolute Gasteiger partial charge is 0.493 e. The highest BCUT2D eigenvalue weighted by Crippen LogP contribution is 2.36. The van der Waals surface area contributed by atoms with Crippen LogP contribution in [-0.4, -0.2) is 29.7 Å². The third-order valence-electron chi connectivity index (χ3n) is 5.39. The third-order valence-corrected chi connectivity index (χ3v) is 6.39. The Morgan fingerprint density at radius 3 is 2.43 bits per heavy atom. The minimum absolute atomic E-state index is 0.0659. The van der Waals surface area contributed by atoms with Crippen LogP contribution >= 0.6 is 11.8 Å². The van der Waals surface area contributed by atoms with Gasteiger partial charge >= 0.3 is 0 Å². The predicted octanol–water partition coefficient (Wildman–Crippen LogP) is 6.84. The van der Waals surface area contributed by atoms with Gasteiger partial charge in [-0.05, 0) is 66.1 Å². The number of thioether (sulfide) groups is 1. The normalized spacial score (nSPS) is 15.9. The Labute approximate surface area is 211 Å². The highest BCUT2D eigenvalue weighted by atomic mass is 32.2. The fraction of sp³-hybridized carbons (Fsp3) is 0.241. The van der Waals surface area contributed by atoms with Gasteiger partial charge in [0.2, 0.25) is 0 Å². The second kappa shape index (κ2) is 11.3. The maximum Gasteiger partial charge on any atom is 0.267 e. The molecule has 1 aliphatic heterocycles. The summed E-state index contributed by atoms with van der Waals surface area (Å²) in [5.74, 6) is 1.69. The van der Waals surface area contributed by atoms with E-state index >= 15 is 0 Å². The molecule has 3 aromatic rings. The van der Waals surface area contributed by atoms with Crippen molar-refractivity contribution >= 4 is 34.6 Å². The van der Waals surface area contributed by atoms with Gasteiger partial charge in [-0.2, -0.15) is 0 Å². The van der Waals surface area contributed by atoms with Crippen molar-refractivity contribution in [3.05, 3.63) is 94.4 Å². The number of rotatable bonds is 8. The van der Waals surface area contributed by atoms with E-state index in [1.165, 1.54) is 17.3 Å². The summed E-state index contributed by atoms with van der Waals surface area (Å²) >= 11 is 1.39. The minimum atomic E-state index is -0.0659. The van der Waals surface area contributed by atoms with E-state index in [-0.39, 0.29) is 5.91 Å². The number of ether oxygens (including phenoxy) is 2. The number of amides is 1. The van der Waals surface area contributed by atoms with Crippen LogP contribution in [0.5, 0.6) is 11.5 Å². The van der Waals surface area contributed by atoms with Crippen molar-refractivity contribution in [2.75, 3.05) is 13.7 Å². The van der Waals surface area contributed by atoms with Gasteiger partial charge in [-0.3, -0.25) is 9.69 Å². The van der Waals surface area contributed by atoms with E-state index in [1.54, 1.807) is 12.0 Å². The molecule has 0 atom stereocenters.